The van der Waals surface area contributed by atoms with Crippen molar-refractivity contribution in [2.24, 2.45) is 0 Å². The van der Waals surface area contributed by atoms with Gasteiger partial charge in [-0.3, -0.25) is 14.9 Å². The molecule has 0 aliphatic carbocycles. The molecule has 1 aromatic heterocycles. The highest BCUT2D eigenvalue weighted by atomic mass is 16.6. The number of amides is 1. The first-order chi connectivity index (χ1) is 16.1. The molecule has 0 aliphatic rings. The molecule has 1 heterocycles. The van der Waals surface area contributed by atoms with Crippen LogP contribution in [0.4, 0.5) is 22.7 Å². The number of imidazole rings is 1. The fourth-order valence-electron chi connectivity index (χ4n) is 3.18. The van der Waals surface area contributed by atoms with Crippen LogP contribution in [0.1, 0.15) is 10.4 Å². The van der Waals surface area contributed by atoms with Crippen LogP contribution in [-0.2, 0) is 6.54 Å². The first-order valence-electron chi connectivity index (χ1n) is 10.2. The molecule has 4 rings (SSSR count). The highest BCUT2D eigenvalue weighted by molar-refractivity contribution is 6.05. The van der Waals surface area contributed by atoms with Gasteiger partial charge in [-0.1, -0.05) is 30.3 Å². The van der Waals surface area contributed by atoms with E-state index in [2.05, 4.69) is 15.6 Å². The molecule has 0 saturated heterocycles. The molecule has 0 aliphatic heterocycles. The number of nitro benzene ring substituents is 1. The van der Waals surface area contributed by atoms with E-state index in [9.17, 15) is 14.9 Å². The van der Waals surface area contributed by atoms with E-state index in [1.54, 1.807) is 48.9 Å². The summed E-state index contributed by atoms with van der Waals surface area (Å²) in [6, 6.07) is 20.4. The maximum absolute atomic E-state index is 12.8. The van der Waals surface area contributed by atoms with Crippen molar-refractivity contribution in [2.75, 3.05) is 17.2 Å². The van der Waals surface area contributed by atoms with Crippen LogP contribution in [0.25, 0.3) is 0 Å². The van der Waals surface area contributed by atoms with Crippen molar-refractivity contribution in [1.82, 2.24) is 9.55 Å². The van der Waals surface area contributed by atoms with Gasteiger partial charge < -0.3 is 19.9 Å². The molecule has 166 valence electrons. The van der Waals surface area contributed by atoms with Crippen LogP contribution in [0.15, 0.2) is 91.5 Å². The second-order valence-corrected chi connectivity index (χ2v) is 7.08. The summed E-state index contributed by atoms with van der Waals surface area (Å²) in [6.45, 7) is 0.985. The Kier molecular flexibility index (Phi) is 6.60. The van der Waals surface area contributed by atoms with Crippen molar-refractivity contribution >= 4 is 28.7 Å². The van der Waals surface area contributed by atoms with E-state index < -0.39 is 10.8 Å². The van der Waals surface area contributed by atoms with Gasteiger partial charge in [0.2, 0.25) is 0 Å². The van der Waals surface area contributed by atoms with E-state index in [-0.39, 0.29) is 11.3 Å². The minimum Gasteiger partial charge on any atom is -0.490 e. The highest BCUT2D eigenvalue weighted by Gasteiger charge is 2.19. The van der Waals surface area contributed by atoms with Crippen LogP contribution in [0, 0.1) is 10.1 Å². The Morgan fingerprint density at radius 3 is 2.58 bits per heavy atom. The standard InChI is InChI=1S/C24H21N5O4/c30-24(27-21-8-4-5-9-23(21)33-15-14-28-13-12-25-17-28)18-10-11-20(22(16-18)29(31)32)26-19-6-2-1-3-7-19/h1-13,16-17,26H,14-15H2,(H,27,30). The minimum atomic E-state index is -0.519. The maximum Gasteiger partial charge on any atom is 0.293 e. The molecule has 0 bridgehead atoms. The molecule has 9 nitrogen and oxygen atoms in total. The van der Waals surface area contributed by atoms with Gasteiger partial charge in [0.15, 0.2) is 0 Å². The summed E-state index contributed by atoms with van der Waals surface area (Å²) in [5, 5.41) is 17.4. The number of nitrogens with one attached hydrogen (secondary N) is 2. The van der Waals surface area contributed by atoms with Gasteiger partial charge in [-0.25, -0.2) is 4.98 Å². The van der Waals surface area contributed by atoms with E-state index in [0.29, 0.717) is 36.0 Å². The number of ether oxygens (including phenoxy) is 1. The van der Waals surface area contributed by atoms with Crippen LogP contribution >= 0.6 is 0 Å². The predicted octanol–water partition coefficient (Wildman–Crippen LogP) is 4.87. The van der Waals surface area contributed by atoms with Gasteiger partial charge >= 0.3 is 0 Å². The summed E-state index contributed by atoms with van der Waals surface area (Å²) in [6.07, 6.45) is 5.22. The van der Waals surface area contributed by atoms with Crippen molar-refractivity contribution in [3.8, 4) is 5.75 Å². The normalized spacial score (nSPS) is 10.4. The molecule has 33 heavy (non-hydrogen) atoms. The summed E-state index contributed by atoms with van der Waals surface area (Å²) in [5.74, 6) is 0.0258. The van der Waals surface area contributed by atoms with Gasteiger partial charge in [0.25, 0.3) is 11.6 Å². The van der Waals surface area contributed by atoms with E-state index in [4.69, 9.17) is 4.74 Å². The average molecular weight is 443 g/mol. The van der Waals surface area contributed by atoms with Gasteiger partial charge in [0.1, 0.15) is 18.0 Å². The van der Waals surface area contributed by atoms with Gasteiger partial charge in [-0.05, 0) is 36.4 Å². The third kappa shape index (κ3) is 5.53. The first kappa shape index (κ1) is 21.6. The zero-order valence-corrected chi connectivity index (χ0v) is 17.5. The molecular weight excluding hydrogens is 422 g/mol. The second-order valence-electron chi connectivity index (χ2n) is 7.08. The van der Waals surface area contributed by atoms with Gasteiger partial charge in [-0.15, -0.1) is 0 Å². The molecule has 0 fully saturated rings. The summed E-state index contributed by atoms with van der Waals surface area (Å²) in [7, 11) is 0. The zero-order valence-electron chi connectivity index (χ0n) is 17.5. The lowest BCUT2D eigenvalue weighted by Gasteiger charge is -2.13. The Labute approximate surface area is 189 Å². The number of carbonyl (C=O) groups excluding carboxylic acids is 1. The molecular formula is C24H21N5O4. The third-order valence-corrected chi connectivity index (χ3v) is 4.81. The van der Waals surface area contributed by atoms with Crippen molar-refractivity contribution in [2.45, 2.75) is 6.54 Å². The Morgan fingerprint density at radius 1 is 1.03 bits per heavy atom. The molecule has 0 radical (unpaired) electrons. The van der Waals surface area contributed by atoms with Crippen LogP contribution < -0.4 is 15.4 Å². The average Bonchev–Trinajstić information content (AvgIpc) is 3.34. The van der Waals surface area contributed by atoms with Crippen LogP contribution in [0.3, 0.4) is 0 Å². The summed E-state index contributed by atoms with van der Waals surface area (Å²) in [4.78, 5) is 27.9. The van der Waals surface area contributed by atoms with Crippen LogP contribution in [-0.4, -0.2) is 27.0 Å². The summed E-state index contributed by atoms with van der Waals surface area (Å²) in [5.41, 5.74) is 1.44. The number of anilines is 3. The lowest BCUT2D eigenvalue weighted by atomic mass is 10.1. The summed E-state index contributed by atoms with van der Waals surface area (Å²) < 4.78 is 7.69. The molecule has 4 aromatic rings. The number of nitro groups is 1. The molecule has 0 saturated carbocycles. The molecule has 2 N–H and O–H groups in total. The SMILES string of the molecule is O=C(Nc1ccccc1OCCn1ccnc1)c1ccc(Nc2ccccc2)c([N+](=O)[O-])c1. The van der Waals surface area contributed by atoms with E-state index in [1.807, 2.05) is 29.0 Å². The number of carbonyl (C=O) groups is 1. The first-order valence-corrected chi connectivity index (χ1v) is 10.2. The smallest absolute Gasteiger partial charge is 0.293 e. The Hall–Kier alpha value is -4.66. The number of benzene rings is 3. The van der Waals surface area contributed by atoms with Crippen LogP contribution in [0.5, 0.6) is 5.75 Å². The molecule has 3 aromatic carbocycles. The number of nitrogens with zero attached hydrogens (tertiary/aromatic N) is 3. The minimum absolute atomic E-state index is 0.161. The van der Waals surface area contributed by atoms with Crippen molar-refractivity contribution in [3.05, 3.63) is 107 Å². The number of para-hydroxylation sites is 3. The van der Waals surface area contributed by atoms with E-state index in [1.165, 1.54) is 18.2 Å². The number of hydrogen-bond acceptors (Lipinski definition) is 6. The molecule has 1 amide bonds. The fraction of sp³-hybridized carbons (Fsp3) is 0.0833. The van der Waals surface area contributed by atoms with Crippen LogP contribution in [0.2, 0.25) is 0 Å². The Balaban J connectivity index is 1.48. The topological polar surface area (TPSA) is 111 Å². The highest BCUT2D eigenvalue weighted by Crippen LogP contribution is 2.30. The summed E-state index contributed by atoms with van der Waals surface area (Å²) >= 11 is 0. The third-order valence-electron chi connectivity index (χ3n) is 4.81. The van der Waals surface area contributed by atoms with Gasteiger partial charge in [0.05, 0.1) is 23.5 Å². The fourth-order valence-corrected chi connectivity index (χ4v) is 3.18. The van der Waals surface area contributed by atoms with E-state index in [0.717, 1.165) is 0 Å². The largest absolute Gasteiger partial charge is 0.490 e. The Morgan fingerprint density at radius 2 is 1.82 bits per heavy atom. The monoisotopic (exact) mass is 443 g/mol. The van der Waals surface area contributed by atoms with Crippen molar-refractivity contribution < 1.29 is 14.5 Å². The number of aromatic nitrogens is 2. The predicted molar refractivity (Wildman–Crippen MR) is 125 cm³/mol. The second kappa shape index (κ2) is 10.1. The Bertz CT molecular complexity index is 1240. The van der Waals surface area contributed by atoms with Crippen molar-refractivity contribution in [1.29, 1.82) is 0 Å². The molecule has 0 atom stereocenters. The van der Waals surface area contributed by atoms with E-state index >= 15 is 0 Å². The van der Waals surface area contributed by atoms with Gasteiger partial charge in [-0.2, -0.15) is 0 Å². The molecule has 9 heteroatoms. The maximum atomic E-state index is 12.8. The number of hydrogen-bond donors (Lipinski definition) is 2. The van der Waals surface area contributed by atoms with Crippen molar-refractivity contribution in [3.63, 3.8) is 0 Å². The van der Waals surface area contributed by atoms with Gasteiger partial charge in [0, 0.05) is 29.7 Å². The molecule has 0 spiro atoms. The lowest BCUT2D eigenvalue weighted by Crippen LogP contribution is -2.14. The molecule has 0 unspecified atom stereocenters. The lowest BCUT2D eigenvalue weighted by molar-refractivity contribution is -0.383. The quantitative estimate of drug-likeness (QED) is 0.282. The number of rotatable bonds is 9. The zero-order chi connectivity index (χ0) is 23.0.